The molecule has 0 saturated heterocycles. The van der Waals surface area contributed by atoms with Crippen molar-refractivity contribution >= 4 is 23.2 Å². The molecule has 3 nitrogen and oxygen atoms in total. The lowest BCUT2D eigenvalue weighted by molar-refractivity contribution is -0.130. The van der Waals surface area contributed by atoms with Crippen molar-refractivity contribution in [1.82, 2.24) is 4.90 Å². The number of rotatable bonds is 6. The molecule has 0 bridgehead atoms. The van der Waals surface area contributed by atoms with Crippen molar-refractivity contribution in [1.29, 1.82) is 0 Å². The average molecular weight is 310 g/mol. The van der Waals surface area contributed by atoms with Crippen LogP contribution in [-0.4, -0.2) is 29.5 Å². The number of carbonyl (C=O) groups excluding carboxylic acids is 1. The Bertz CT molecular complexity index is 519. The summed E-state index contributed by atoms with van der Waals surface area (Å²) in [5.41, 5.74) is 4.06. The second kappa shape index (κ2) is 8.20. The van der Waals surface area contributed by atoms with Gasteiger partial charge in [-0.1, -0.05) is 29.3 Å². The minimum atomic E-state index is -0.157. The Morgan fingerprint density at radius 3 is 2.48 bits per heavy atom. The zero-order valence-corrected chi connectivity index (χ0v) is 14.2. The van der Waals surface area contributed by atoms with Gasteiger partial charge in [-0.15, -0.1) is 11.6 Å². The summed E-state index contributed by atoms with van der Waals surface area (Å²) in [5.74, 6) is -0.223. The van der Waals surface area contributed by atoms with Crippen LogP contribution in [0.5, 0.6) is 0 Å². The SMILES string of the molecule is CC(C)=C(c1cccc(C)c1)N(COC(C)C)C(=O)CCl. The second-order valence-electron chi connectivity index (χ2n) is 5.52. The van der Waals surface area contributed by atoms with E-state index in [-0.39, 0.29) is 24.6 Å². The van der Waals surface area contributed by atoms with Crippen molar-refractivity contribution in [2.24, 2.45) is 0 Å². The summed E-state index contributed by atoms with van der Waals surface area (Å²) in [6.45, 7) is 10.1. The van der Waals surface area contributed by atoms with E-state index < -0.39 is 0 Å². The van der Waals surface area contributed by atoms with Gasteiger partial charge in [0.05, 0.1) is 11.8 Å². The highest BCUT2D eigenvalue weighted by molar-refractivity contribution is 6.27. The summed E-state index contributed by atoms with van der Waals surface area (Å²) >= 11 is 5.76. The first-order valence-corrected chi connectivity index (χ1v) is 7.62. The molecule has 0 aliphatic heterocycles. The minimum absolute atomic E-state index is 0.0477. The highest BCUT2D eigenvalue weighted by atomic mass is 35.5. The molecular formula is C17H24ClNO2. The molecule has 1 aromatic carbocycles. The Kier molecular flexibility index (Phi) is 6.93. The monoisotopic (exact) mass is 309 g/mol. The number of hydrogen-bond acceptors (Lipinski definition) is 2. The molecule has 0 heterocycles. The minimum Gasteiger partial charge on any atom is -0.358 e. The Balaban J connectivity index is 3.21. The maximum atomic E-state index is 12.2. The summed E-state index contributed by atoms with van der Waals surface area (Å²) < 4.78 is 5.62. The molecule has 1 amide bonds. The number of amides is 1. The molecule has 0 spiro atoms. The van der Waals surface area contributed by atoms with Gasteiger partial charge in [-0.05, 0) is 46.2 Å². The van der Waals surface area contributed by atoms with Crippen molar-refractivity contribution < 1.29 is 9.53 Å². The zero-order valence-electron chi connectivity index (χ0n) is 13.4. The third kappa shape index (κ3) is 5.18. The van der Waals surface area contributed by atoms with Crippen LogP contribution in [0.15, 0.2) is 29.8 Å². The maximum absolute atomic E-state index is 12.2. The van der Waals surface area contributed by atoms with Crippen LogP contribution in [0.3, 0.4) is 0 Å². The number of aryl methyl sites for hydroxylation is 1. The van der Waals surface area contributed by atoms with Crippen molar-refractivity contribution in [2.75, 3.05) is 12.6 Å². The first-order valence-electron chi connectivity index (χ1n) is 7.09. The van der Waals surface area contributed by atoms with E-state index in [1.165, 1.54) is 0 Å². The van der Waals surface area contributed by atoms with E-state index >= 15 is 0 Å². The lowest BCUT2D eigenvalue weighted by Gasteiger charge is -2.27. The van der Waals surface area contributed by atoms with Gasteiger partial charge in [0.1, 0.15) is 12.6 Å². The molecule has 1 aromatic rings. The van der Waals surface area contributed by atoms with Crippen molar-refractivity contribution in [2.45, 2.75) is 40.7 Å². The topological polar surface area (TPSA) is 29.5 Å². The summed E-state index contributed by atoms with van der Waals surface area (Å²) in [4.78, 5) is 13.8. The molecule has 21 heavy (non-hydrogen) atoms. The highest BCUT2D eigenvalue weighted by Gasteiger charge is 2.20. The summed E-state index contributed by atoms with van der Waals surface area (Å²) in [5, 5.41) is 0. The van der Waals surface area contributed by atoms with Crippen LogP contribution in [0.4, 0.5) is 0 Å². The molecule has 4 heteroatoms. The number of hydrogen-bond donors (Lipinski definition) is 0. The van der Waals surface area contributed by atoms with Crippen LogP contribution in [0, 0.1) is 6.92 Å². The fraction of sp³-hybridized carbons (Fsp3) is 0.471. The van der Waals surface area contributed by atoms with E-state index in [0.29, 0.717) is 0 Å². The van der Waals surface area contributed by atoms with Crippen LogP contribution < -0.4 is 0 Å². The Labute approximate surface area is 132 Å². The van der Waals surface area contributed by atoms with Gasteiger partial charge in [-0.3, -0.25) is 9.69 Å². The highest BCUT2D eigenvalue weighted by Crippen LogP contribution is 2.24. The number of benzene rings is 1. The van der Waals surface area contributed by atoms with Gasteiger partial charge < -0.3 is 4.74 Å². The van der Waals surface area contributed by atoms with Gasteiger partial charge >= 0.3 is 0 Å². The van der Waals surface area contributed by atoms with Crippen LogP contribution >= 0.6 is 11.6 Å². The van der Waals surface area contributed by atoms with E-state index in [9.17, 15) is 4.79 Å². The maximum Gasteiger partial charge on any atom is 0.243 e. The largest absolute Gasteiger partial charge is 0.358 e. The van der Waals surface area contributed by atoms with Crippen LogP contribution in [0.2, 0.25) is 0 Å². The zero-order chi connectivity index (χ0) is 16.0. The Morgan fingerprint density at radius 2 is 2.00 bits per heavy atom. The van der Waals surface area contributed by atoms with E-state index in [0.717, 1.165) is 22.4 Å². The van der Waals surface area contributed by atoms with Crippen molar-refractivity contribution in [3.05, 3.63) is 41.0 Å². The predicted octanol–water partition coefficient (Wildman–Crippen LogP) is 4.20. The molecule has 0 saturated carbocycles. The first-order chi connectivity index (χ1) is 9.86. The smallest absolute Gasteiger partial charge is 0.243 e. The van der Waals surface area contributed by atoms with Gasteiger partial charge in [-0.2, -0.15) is 0 Å². The number of ether oxygens (including phenoxy) is 1. The standard InChI is InChI=1S/C17H24ClNO2/c1-12(2)17(15-8-6-7-14(5)9-15)19(16(20)10-18)11-21-13(3)4/h6-9,13H,10-11H2,1-5H3. The summed E-state index contributed by atoms with van der Waals surface area (Å²) in [7, 11) is 0. The van der Waals surface area contributed by atoms with Crippen molar-refractivity contribution in [3.8, 4) is 0 Å². The quantitative estimate of drug-likeness (QED) is 0.582. The number of alkyl halides is 1. The molecule has 0 unspecified atom stereocenters. The second-order valence-corrected chi connectivity index (χ2v) is 5.79. The van der Waals surface area contributed by atoms with E-state index in [4.69, 9.17) is 16.3 Å². The van der Waals surface area contributed by atoms with Crippen molar-refractivity contribution in [3.63, 3.8) is 0 Å². The third-order valence-electron chi connectivity index (χ3n) is 2.99. The van der Waals surface area contributed by atoms with Gasteiger partial charge in [0, 0.05) is 0 Å². The molecule has 1 rings (SSSR count). The lowest BCUT2D eigenvalue weighted by atomic mass is 10.0. The van der Waals surface area contributed by atoms with Crippen LogP contribution in [0.1, 0.15) is 38.8 Å². The molecule has 0 N–H and O–H groups in total. The van der Waals surface area contributed by atoms with Crippen LogP contribution in [-0.2, 0) is 9.53 Å². The van der Waals surface area contributed by atoms with E-state index in [1.807, 2.05) is 52.8 Å². The average Bonchev–Trinajstić information content (AvgIpc) is 2.41. The predicted molar refractivity (Wildman–Crippen MR) is 88.1 cm³/mol. The normalized spacial score (nSPS) is 10.6. The molecular weight excluding hydrogens is 286 g/mol. The van der Waals surface area contributed by atoms with Gasteiger partial charge in [0.2, 0.25) is 5.91 Å². The lowest BCUT2D eigenvalue weighted by Crippen LogP contribution is -2.34. The molecule has 0 aliphatic rings. The third-order valence-corrected chi connectivity index (χ3v) is 3.22. The summed E-state index contributed by atoms with van der Waals surface area (Å²) in [6, 6.07) is 8.08. The van der Waals surface area contributed by atoms with E-state index in [2.05, 4.69) is 6.07 Å². The van der Waals surface area contributed by atoms with Gasteiger partial charge in [0.25, 0.3) is 0 Å². The number of halogens is 1. The van der Waals surface area contributed by atoms with Gasteiger partial charge in [0.15, 0.2) is 0 Å². The summed E-state index contributed by atoms with van der Waals surface area (Å²) in [6.07, 6.45) is 0.0477. The molecule has 0 radical (unpaired) electrons. The fourth-order valence-corrected chi connectivity index (χ4v) is 2.21. The molecule has 116 valence electrons. The van der Waals surface area contributed by atoms with Gasteiger partial charge in [-0.25, -0.2) is 0 Å². The number of nitrogens with zero attached hydrogens (tertiary/aromatic N) is 1. The fourth-order valence-electron chi connectivity index (χ4n) is 2.06. The van der Waals surface area contributed by atoms with Crippen LogP contribution in [0.25, 0.3) is 5.70 Å². The first kappa shape index (κ1) is 17.7. The number of carbonyl (C=O) groups is 1. The molecule has 0 aliphatic carbocycles. The number of allylic oxidation sites excluding steroid dienone is 1. The van der Waals surface area contributed by atoms with E-state index in [1.54, 1.807) is 4.90 Å². The molecule has 0 atom stereocenters. The molecule has 0 fully saturated rings. The molecule has 0 aromatic heterocycles. The Hall–Kier alpha value is -1.32. The Morgan fingerprint density at radius 1 is 1.33 bits per heavy atom.